The van der Waals surface area contributed by atoms with Gasteiger partial charge in [-0.15, -0.1) is 0 Å². The van der Waals surface area contributed by atoms with Crippen molar-refractivity contribution in [2.24, 2.45) is 11.8 Å². The number of hydrogen-bond acceptors (Lipinski definition) is 3. The van der Waals surface area contributed by atoms with Crippen LogP contribution in [0.1, 0.15) is 40.0 Å². The maximum absolute atomic E-state index is 8.95. The van der Waals surface area contributed by atoms with E-state index in [4.69, 9.17) is 5.11 Å². The first-order chi connectivity index (χ1) is 7.69. The standard InChI is InChI=1S/C13H27NOS/c1-4-14-12-6-5-11(10(2)3)9-13(12)16-8-7-15/h10-15H,4-9H2,1-3H3. The molecule has 0 aliphatic heterocycles. The highest BCUT2D eigenvalue weighted by Crippen LogP contribution is 2.36. The van der Waals surface area contributed by atoms with Crippen LogP contribution in [0.4, 0.5) is 0 Å². The summed E-state index contributed by atoms with van der Waals surface area (Å²) in [7, 11) is 0. The van der Waals surface area contributed by atoms with Crippen molar-refractivity contribution in [1.29, 1.82) is 0 Å². The minimum atomic E-state index is 0.312. The third-order valence-electron chi connectivity index (χ3n) is 3.66. The zero-order valence-corrected chi connectivity index (χ0v) is 11.7. The Balaban J connectivity index is 2.47. The van der Waals surface area contributed by atoms with Crippen molar-refractivity contribution < 1.29 is 5.11 Å². The van der Waals surface area contributed by atoms with Crippen LogP contribution in [0.15, 0.2) is 0 Å². The second-order valence-electron chi connectivity index (χ2n) is 5.11. The molecule has 0 amide bonds. The molecule has 0 saturated heterocycles. The molecule has 3 atom stereocenters. The lowest BCUT2D eigenvalue weighted by molar-refractivity contribution is 0.247. The molecule has 1 rings (SSSR count). The molecule has 0 heterocycles. The third-order valence-corrected chi connectivity index (χ3v) is 5.03. The molecular formula is C13H27NOS. The van der Waals surface area contributed by atoms with E-state index in [9.17, 15) is 0 Å². The largest absolute Gasteiger partial charge is 0.396 e. The highest BCUT2D eigenvalue weighted by Gasteiger charge is 2.31. The molecule has 0 aromatic carbocycles. The van der Waals surface area contributed by atoms with Crippen LogP contribution in [0.25, 0.3) is 0 Å². The maximum Gasteiger partial charge on any atom is 0.0521 e. The fourth-order valence-corrected chi connectivity index (χ4v) is 3.91. The molecule has 0 bridgehead atoms. The van der Waals surface area contributed by atoms with Gasteiger partial charge < -0.3 is 10.4 Å². The summed E-state index contributed by atoms with van der Waals surface area (Å²) in [5.74, 6) is 2.57. The van der Waals surface area contributed by atoms with Crippen LogP contribution in [0.3, 0.4) is 0 Å². The van der Waals surface area contributed by atoms with E-state index >= 15 is 0 Å². The SMILES string of the molecule is CCNC1CCC(C(C)C)CC1SCCO. The summed E-state index contributed by atoms with van der Waals surface area (Å²) in [5.41, 5.74) is 0. The normalized spacial score (nSPS) is 30.9. The predicted molar refractivity (Wildman–Crippen MR) is 73.0 cm³/mol. The summed E-state index contributed by atoms with van der Waals surface area (Å²) in [6, 6.07) is 0.663. The van der Waals surface area contributed by atoms with Gasteiger partial charge in [0.15, 0.2) is 0 Å². The Bertz CT molecular complexity index is 187. The van der Waals surface area contributed by atoms with E-state index in [0.717, 1.165) is 24.1 Å². The second-order valence-corrected chi connectivity index (χ2v) is 6.46. The zero-order chi connectivity index (χ0) is 12.0. The molecule has 2 N–H and O–H groups in total. The topological polar surface area (TPSA) is 32.3 Å². The van der Waals surface area contributed by atoms with Crippen LogP contribution in [-0.2, 0) is 0 Å². The molecule has 3 unspecified atom stereocenters. The number of nitrogens with one attached hydrogen (secondary N) is 1. The fraction of sp³-hybridized carbons (Fsp3) is 1.00. The molecule has 2 nitrogen and oxygen atoms in total. The van der Waals surface area contributed by atoms with Crippen molar-refractivity contribution in [3.05, 3.63) is 0 Å². The summed E-state index contributed by atoms with van der Waals surface area (Å²) in [4.78, 5) is 0. The van der Waals surface area contributed by atoms with Gasteiger partial charge in [0.25, 0.3) is 0 Å². The van der Waals surface area contributed by atoms with Crippen molar-refractivity contribution in [3.8, 4) is 0 Å². The molecule has 0 aromatic rings. The van der Waals surface area contributed by atoms with Gasteiger partial charge in [-0.1, -0.05) is 20.8 Å². The van der Waals surface area contributed by atoms with E-state index in [2.05, 4.69) is 26.1 Å². The lowest BCUT2D eigenvalue weighted by Crippen LogP contribution is -2.43. The number of hydrogen-bond donors (Lipinski definition) is 2. The maximum atomic E-state index is 8.95. The molecular weight excluding hydrogens is 218 g/mol. The molecule has 0 spiro atoms. The number of rotatable bonds is 6. The summed E-state index contributed by atoms with van der Waals surface area (Å²) in [5, 5.41) is 13.2. The van der Waals surface area contributed by atoms with Gasteiger partial charge >= 0.3 is 0 Å². The first-order valence-electron chi connectivity index (χ1n) is 6.64. The van der Waals surface area contributed by atoms with E-state index in [-0.39, 0.29) is 0 Å². The van der Waals surface area contributed by atoms with E-state index in [1.165, 1.54) is 19.3 Å². The smallest absolute Gasteiger partial charge is 0.0521 e. The van der Waals surface area contributed by atoms with Crippen molar-refractivity contribution in [1.82, 2.24) is 5.32 Å². The molecule has 0 aromatic heterocycles. The molecule has 1 aliphatic carbocycles. The van der Waals surface area contributed by atoms with Crippen molar-refractivity contribution in [3.63, 3.8) is 0 Å². The Labute approximate surface area is 105 Å². The Morgan fingerprint density at radius 2 is 2.12 bits per heavy atom. The molecule has 1 aliphatic rings. The summed E-state index contributed by atoms with van der Waals surface area (Å²) in [6.07, 6.45) is 3.99. The van der Waals surface area contributed by atoms with Crippen LogP contribution in [0.5, 0.6) is 0 Å². The zero-order valence-electron chi connectivity index (χ0n) is 10.9. The van der Waals surface area contributed by atoms with Crippen LogP contribution in [-0.4, -0.2) is 35.3 Å². The van der Waals surface area contributed by atoms with Gasteiger partial charge in [0, 0.05) is 17.0 Å². The Morgan fingerprint density at radius 1 is 1.38 bits per heavy atom. The van der Waals surface area contributed by atoms with E-state index in [1.54, 1.807) is 0 Å². The predicted octanol–water partition coefficient (Wildman–Crippen LogP) is 2.51. The highest BCUT2D eigenvalue weighted by molar-refractivity contribution is 7.99. The molecule has 16 heavy (non-hydrogen) atoms. The molecule has 1 fully saturated rings. The highest BCUT2D eigenvalue weighted by atomic mass is 32.2. The van der Waals surface area contributed by atoms with Gasteiger partial charge in [-0.05, 0) is 37.6 Å². The van der Waals surface area contributed by atoms with Gasteiger partial charge in [-0.25, -0.2) is 0 Å². The van der Waals surface area contributed by atoms with Crippen LogP contribution < -0.4 is 5.32 Å². The quantitative estimate of drug-likeness (QED) is 0.754. The van der Waals surface area contributed by atoms with Gasteiger partial charge in [0.05, 0.1) is 6.61 Å². The van der Waals surface area contributed by atoms with Crippen molar-refractivity contribution in [2.75, 3.05) is 18.9 Å². The average Bonchev–Trinajstić information content (AvgIpc) is 2.27. The third kappa shape index (κ3) is 4.27. The Kier molecular flexibility index (Phi) is 6.78. The van der Waals surface area contributed by atoms with Gasteiger partial charge in [0.2, 0.25) is 0 Å². The fourth-order valence-electron chi connectivity index (χ4n) is 2.65. The van der Waals surface area contributed by atoms with E-state index in [1.807, 2.05) is 11.8 Å². The number of thioether (sulfide) groups is 1. The number of aliphatic hydroxyl groups is 1. The van der Waals surface area contributed by atoms with Gasteiger partial charge in [-0.3, -0.25) is 0 Å². The van der Waals surface area contributed by atoms with Crippen molar-refractivity contribution >= 4 is 11.8 Å². The Morgan fingerprint density at radius 3 is 2.69 bits per heavy atom. The van der Waals surface area contributed by atoms with E-state index in [0.29, 0.717) is 17.9 Å². The molecule has 0 radical (unpaired) electrons. The number of aliphatic hydroxyl groups excluding tert-OH is 1. The van der Waals surface area contributed by atoms with E-state index < -0.39 is 0 Å². The average molecular weight is 245 g/mol. The molecule has 3 heteroatoms. The molecule has 96 valence electrons. The first kappa shape index (κ1) is 14.3. The van der Waals surface area contributed by atoms with Crippen LogP contribution in [0, 0.1) is 11.8 Å². The van der Waals surface area contributed by atoms with Gasteiger partial charge in [0.1, 0.15) is 0 Å². The second kappa shape index (κ2) is 7.57. The molecule has 1 saturated carbocycles. The summed E-state index contributed by atoms with van der Waals surface area (Å²) in [6.45, 7) is 8.24. The van der Waals surface area contributed by atoms with Gasteiger partial charge in [-0.2, -0.15) is 11.8 Å². The summed E-state index contributed by atoms with van der Waals surface area (Å²) >= 11 is 1.95. The summed E-state index contributed by atoms with van der Waals surface area (Å²) < 4.78 is 0. The van der Waals surface area contributed by atoms with Crippen molar-refractivity contribution in [2.45, 2.75) is 51.3 Å². The minimum Gasteiger partial charge on any atom is -0.396 e. The van der Waals surface area contributed by atoms with Crippen LogP contribution in [0.2, 0.25) is 0 Å². The minimum absolute atomic E-state index is 0.312. The lowest BCUT2D eigenvalue weighted by atomic mass is 9.79. The monoisotopic (exact) mass is 245 g/mol. The lowest BCUT2D eigenvalue weighted by Gasteiger charge is -2.38. The van der Waals surface area contributed by atoms with Crippen LogP contribution >= 0.6 is 11.8 Å². The first-order valence-corrected chi connectivity index (χ1v) is 7.69. The Hall–Kier alpha value is 0.270.